The van der Waals surface area contributed by atoms with Crippen LogP contribution in [0.5, 0.6) is 5.75 Å². The van der Waals surface area contributed by atoms with E-state index in [1.165, 1.54) is 23.1 Å². The Morgan fingerprint density at radius 3 is 2.71 bits per heavy atom. The Hall–Kier alpha value is -2.32. The zero-order chi connectivity index (χ0) is 20.3. The molecular formula is C20H23N3O3S2. The van der Waals surface area contributed by atoms with Gasteiger partial charge in [0.1, 0.15) is 16.4 Å². The summed E-state index contributed by atoms with van der Waals surface area (Å²) in [4.78, 5) is 34.0. The number of thiophene rings is 1. The lowest BCUT2D eigenvalue weighted by Crippen LogP contribution is -2.23. The number of aromatic amines is 1. The topological polar surface area (TPSA) is 84.1 Å². The first-order valence-electron chi connectivity index (χ1n) is 9.03. The lowest BCUT2D eigenvalue weighted by Gasteiger charge is -2.12. The predicted molar refractivity (Wildman–Crippen MR) is 117 cm³/mol. The van der Waals surface area contributed by atoms with E-state index in [0.29, 0.717) is 23.6 Å². The van der Waals surface area contributed by atoms with Crippen molar-refractivity contribution in [3.05, 3.63) is 50.9 Å². The minimum absolute atomic E-state index is 0.0969. The van der Waals surface area contributed by atoms with Gasteiger partial charge in [-0.1, -0.05) is 0 Å². The highest BCUT2D eigenvalue weighted by molar-refractivity contribution is 7.99. The highest BCUT2D eigenvalue weighted by Crippen LogP contribution is 2.26. The van der Waals surface area contributed by atoms with Crippen molar-refractivity contribution in [1.82, 2.24) is 9.97 Å². The standard InChI is InChI=1S/C20H23N3O3S2/c1-5-26-15-8-6-14(7-9-15)21-18(24)13(4)27-10-16-22-19(25)17-11(2)12(3)28-20(17)23-16/h6-9,13H,5,10H2,1-4H3,(H,21,24)(H,22,23,25)/t13-/m1/s1. The molecule has 28 heavy (non-hydrogen) atoms. The van der Waals surface area contributed by atoms with Gasteiger partial charge in [0.05, 0.1) is 23.0 Å². The summed E-state index contributed by atoms with van der Waals surface area (Å²) in [6, 6.07) is 7.28. The minimum Gasteiger partial charge on any atom is -0.494 e. The van der Waals surface area contributed by atoms with Crippen LogP contribution in [0.4, 0.5) is 5.69 Å². The average Bonchev–Trinajstić information content (AvgIpc) is 2.95. The van der Waals surface area contributed by atoms with Crippen LogP contribution in [0.25, 0.3) is 10.2 Å². The molecule has 0 unspecified atom stereocenters. The van der Waals surface area contributed by atoms with E-state index in [1.54, 1.807) is 0 Å². The highest BCUT2D eigenvalue weighted by atomic mass is 32.2. The molecule has 0 saturated heterocycles. The number of nitrogens with one attached hydrogen (secondary N) is 2. The Labute approximate surface area is 171 Å². The number of thioether (sulfide) groups is 1. The van der Waals surface area contributed by atoms with Gasteiger partial charge in [0.2, 0.25) is 5.91 Å². The first kappa shape index (κ1) is 20.4. The molecule has 148 valence electrons. The number of ether oxygens (including phenoxy) is 1. The molecule has 2 heterocycles. The number of amides is 1. The number of carbonyl (C=O) groups is 1. The maximum absolute atomic E-state index is 12.4. The molecule has 0 fully saturated rings. The van der Waals surface area contributed by atoms with Crippen molar-refractivity contribution in [2.75, 3.05) is 11.9 Å². The molecule has 3 aromatic rings. The Bertz CT molecular complexity index is 1040. The maximum Gasteiger partial charge on any atom is 0.259 e. The Morgan fingerprint density at radius 2 is 2.04 bits per heavy atom. The zero-order valence-electron chi connectivity index (χ0n) is 16.3. The van der Waals surface area contributed by atoms with E-state index in [4.69, 9.17) is 4.74 Å². The Kier molecular flexibility index (Phi) is 6.41. The molecule has 2 aromatic heterocycles. The summed E-state index contributed by atoms with van der Waals surface area (Å²) in [5.74, 6) is 1.72. The van der Waals surface area contributed by atoms with Crippen molar-refractivity contribution in [1.29, 1.82) is 0 Å². The molecule has 0 bridgehead atoms. The summed E-state index contributed by atoms with van der Waals surface area (Å²) in [6.45, 7) is 8.29. The third kappa shape index (κ3) is 4.56. The van der Waals surface area contributed by atoms with E-state index >= 15 is 0 Å². The van der Waals surface area contributed by atoms with Gasteiger partial charge in [-0.2, -0.15) is 0 Å². The monoisotopic (exact) mass is 417 g/mol. The quantitative estimate of drug-likeness (QED) is 0.600. The van der Waals surface area contributed by atoms with Crippen LogP contribution in [-0.2, 0) is 10.5 Å². The number of benzene rings is 1. The molecule has 0 radical (unpaired) electrons. The predicted octanol–water partition coefficient (Wildman–Crippen LogP) is 4.26. The van der Waals surface area contributed by atoms with Crippen LogP contribution in [0.2, 0.25) is 0 Å². The van der Waals surface area contributed by atoms with Gasteiger partial charge in [-0.05, 0) is 57.5 Å². The SMILES string of the molecule is CCOc1ccc(NC(=O)[C@@H](C)SCc2nc3sc(C)c(C)c3c(=O)[nH]2)cc1. The lowest BCUT2D eigenvalue weighted by molar-refractivity contribution is -0.115. The number of hydrogen-bond acceptors (Lipinski definition) is 6. The van der Waals surface area contributed by atoms with Gasteiger partial charge in [0.25, 0.3) is 5.56 Å². The fraction of sp³-hybridized carbons (Fsp3) is 0.350. The molecule has 2 N–H and O–H groups in total. The number of carbonyl (C=O) groups excluding carboxylic acids is 1. The van der Waals surface area contributed by atoms with Crippen LogP contribution >= 0.6 is 23.1 Å². The smallest absolute Gasteiger partial charge is 0.259 e. The summed E-state index contributed by atoms with van der Waals surface area (Å²) >= 11 is 2.96. The fourth-order valence-electron chi connectivity index (χ4n) is 2.69. The summed E-state index contributed by atoms with van der Waals surface area (Å²) in [7, 11) is 0. The minimum atomic E-state index is -0.292. The summed E-state index contributed by atoms with van der Waals surface area (Å²) in [5, 5.41) is 3.27. The van der Waals surface area contributed by atoms with E-state index in [0.717, 1.165) is 26.7 Å². The Balaban J connectivity index is 1.61. The van der Waals surface area contributed by atoms with E-state index in [1.807, 2.05) is 52.0 Å². The second-order valence-electron chi connectivity index (χ2n) is 6.38. The van der Waals surface area contributed by atoms with Crippen LogP contribution < -0.4 is 15.6 Å². The molecule has 6 nitrogen and oxygen atoms in total. The number of rotatable bonds is 7. The van der Waals surface area contributed by atoms with Crippen molar-refractivity contribution in [2.45, 2.75) is 38.7 Å². The molecule has 8 heteroatoms. The van der Waals surface area contributed by atoms with Crippen LogP contribution in [0.1, 0.15) is 30.1 Å². The van der Waals surface area contributed by atoms with E-state index in [2.05, 4.69) is 15.3 Å². The van der Waals surface area contributed by atoms with Crippen molar-refractivity contribution in [2.24, 2.45) is 0 Å². The number of nitrogens with zero attached hydrogens (tertiary/aromatic N) is 1. The molecule has 0 saturated carbocycles. The van der Waals surface area contributed by atoms with Gasteiger partial charge in [0.15, 0.2) is 0 Å². The van der Waals surface area contributed by atoms with Gasteiger partial charge < -0.3 is 15.0 Å². The maximum atomic E-state index is 12.4. The number of hydrogen-bond donors (Lipinski definition) is 2. The molecule has 0 aliphatic carbocycles. The molecule has 3 rings (SSSR count). The molecule has 0 spiro atoms. The van der Waals surface area contributed by atoms with E-state index in [9.17, 15) is 9.59 Å². The summed E-state index contributed by atoms with van der Waals surface area (Å²) in [6.07, 6.45) is 0. The number of H-pyrrole nitrogens is 1. The fourth-order valence-corrected chi connectivity index (χ4v) is 4.50. The number of aromatic nitrogens is 2. The average molecular weight is 418 g/mol. The third-order valence-electron chi connectivity index (χ3n) is 4.36. The van der Waals surface area contributed by atoms with E-state index < -0.39 is 0 Å². The second-order valence-corrected chi connectivity index (χ2v) is 8.91. The van der Waals surface area contributed by atoms with Crippen molar-refractivity contribution >= 4 is 44.9 Å². The van der Waals surface area contributed by atoms with Gasteiger partial charge in [-0.3, -0.25) is 9.59 Å². The first-order chi connectivity index (χ1) is 13.4. The molecule has 0 aliphatic rings. The van der Waals surface area contributed by atoms with Crippen LogP contribution in [0.15, 0.2) is 29.1 Å². The van der Waals surface area contributed by atoms with Crippen molar-refractivity contribution < 1.29 is 9.53 Å². The van der Waals surface area contributed by atoms with Gasteiger partial charge >= 0.3 is 0 Å². The molecule has 0 aliphatic heterocycles. The van der Waals surface area contributed by atoms with Crippen molar-refractivity contribution in [3.63, 3.8) is 0 Å². The largest absolute Gasteiger partial charge is 0.494 e. The van der Waals surface area contributed by atoms with Crippen LogP contribution in [-0.4, -0.2) is 27.7 Å². The molecule has 1 atom stereocenters. The van der Waals surface area contributed by atoms with Crippen LogP contribution in [0, 0.1) is 13.8 Å². The molecule has 1 aromatic carbocycles. The number of anilines is 1. The molecule has 1 amide bonds. The van der Waals surface area contributed by atoms with Gasteiger partial charge in [-0.15, -0.1) is 23.1 Å². The lowest BCUT2D eigenvalue weighted by atomic mass is 10.2. The number of fused-ring (bicyclic) bond motifs is 1. The van der Waals surface area contributed by atoms with Gasteiger partial charge in [-0.25, -0.2) is 4.98 Å². The highest BCUT2D eigenvalue weighted by Gasteiger charge is 2.16. The number of aryl methyl sites for hydroxylation is 2. The zero-order valence-corrected chi connectivity index (χ0v) is 17.9. The van der Waals surface area contributed by atoms with Crippen molar-refractivity contribution in [3.8, 4) is 5.75 Å². The summed E-state index contributed by atoms with van der Waals surface area (Å²) in [5.41, 5.74) is 1.59. The molecular weight excluding hydrogens is 394 g/mol. The summed E-state index contributed by atoms with van der Waals surface area (Å²) < 4.78 is 5.40. The third-order valence-corrected chi connectivity index (χ3v) is 6.62. The van der Waals surface area contributed by atoms with Gasteiger partial charge in [0, 0.05) is 10.6 Å². The normalized spacial score (nSPS) is 12.1. The second kappa shape index (κ2) is 8.79. The Morgan fingerprint density at radius 1 is 1.32 bits per heavy atom. The first-order valence-corrected chi connectivity index (χ1v) is 10.9. The van der Waals surface area contributed by atoms with E-state index in [-0.39, 0.29) is 16.7 Å². The van der Waals surface area contributed by atoms with Crippen LogP contribution in [0.3, 0.4) is 0 Å².